The van der Waals surface area contributed by atoms with E-state index in [9.17, 15) is 4.79 Å². The van der Waals surface area contributed by atoms with Gasteiger partial charge in [0.25, 0.3) is 0 Å². The Bertz CT molecular complexity index is 176. The molecule has 1 fully saturated rings. The number of hydrogen-bond acceptors (Lipinski definition) is 2. The fourth-order valence-corrected chi connectivity index (χ4v) is 1.51. The maximum Gasteiger partial charge on any atom is 0.236 e. The maximum atomic E-state index is 11.2. The fraction of sp³-hybridized carbons (Fsp3) is 0.900. The highest BCUT2D eigenvalue weighted by molar-refractivity contribution is 5.77. The van der Waals surface area contributed by atoms with Crippen LogP contribution in [0.1, 0.15) is 26.2 Å². The predicted octanol–water partition coefficient (Wildman–Crippen LogP) is 0.853. The molecule has 1 aliphatic rings. The van der Waals surface area contributed by atoms with Gasteiger partial charge >= 0.3 is 0 Å². The van der Waals surface area contributed by atoms with Crippen LogP contribution in [0.25, 0.3) is 0 Å². The first kappa shape index (κ1) is 10.5. The highest BCUT2D eigenvalue weighted by Crippen LogP contribution is 2.29. The molecule has 1 aliphatic carbocycles. The smallest absolute Gasteiger partial charge is 0.236 e. The van der Waals surface area contributed by atoms with Crippen LogP contribution < -0.4 is 5.32 Å². The summed E-state index contributed by atoms with van der Waals surface area (Å²) in [5, 5.41) is 3.27. The molecule has 1 unspecified atom stereocenters. The lowest BCUT2D eigenvalue weighted by atomic mass is 9.80. The van der Waals surface area contributed by atoms with Gasteiger partial charge in [-0.3, -0.25) is 4.79 Å². The number of hydrogen-bond donors (Lipinski definition) is 1. The van der Waals surface area contributed by atoms with Gasteiger partial charge in [-0.25, -0.2) is 0 Å². The van der Waals surface area contributed by atoms with Crippen molar-refractivity contribution in [2.45, 2.75) is 32.2 Å². The van der Waals surface area contributed by atoms with Crippen LogP contribution >= 0.6 is 0 Å². The summed E-state index contributed by atoms with van der Waals surface area (Å²) in [5.74, 6) is 0.959. The van der Waals surface area contributed by atoms with Crippen molar-refractivity contribution in [2.24, 2.45) is 5.92 Å². The molecule has 1 amide bonds. The van der Waals surface area contributed by atoms with E-state index < -0.39 is 0 Å². The number of nitrogens with one attached hydrogen (secondary N) is 1. The number of likely N-dealkylation sites (N-methyl/N-ethyl adjacent to an activating group) is 1. The number of amides is 1. The van der Waals surface area contributed by atoms with Crippen LogP contribution in [0.2, 0.25) is 0 Å². The van der Waals surface area contributed by atoms with Gasteiger partial charge in [-0.1, -0.05) is 6.42 Å². The first-order chi connectivity index (χ1) is 6.11. The first-order valence-corrected chi connectivity index (χ1v) is 5.05. The van der Waals surface area contributed by atoms with Gasteiger partial charge in [-0.2, -0.15) is 0 Å². The SMILES string of the molecule is CC(NCC(=O)N(C)C)C1CCC1. The van der Waals surface area contributed by atoms with Crippen LogP contribution in [-0.4, -0.2) is 37.5 Å². The van der Waals surface area contributed by atoms with Crippen LogP contribution in [0.15, 0.2) is 0 Å². The maximum absolute atomic E-state index is 11.2. The minimum atomic E-state index is 0.158. The molecule has 13 heavy (non-hydrogen) atoms. The third kappa shape index (κ3) is 2.99. The molecule has 0 heterocycles. The van der Waals surface area contributed by atoms with Crippen LogP contribution in [0, 0.1) is 5.92 Å². The van der Waals surface area contributed by atoms with Gasteiger partial charge in [-0.15, -0.1) is 0 Å². The van der Waals surface area contributed by atoms with Crippen LogP contribution in [0.3, 0.4) is 0 Å². The number of carbonyl (C=O) groups excluding carboxylic acids is 1. The summed E-state index contributed by atoms with van der Waals surface area (Å²) < 4.78 is 0. The van der Waals surface area contributed by atoms with Crippen molar-refractivity contribution < 1.29 is 4.79 Å². The Kier molecular flexibility index (Phi) is 3.72. The van der Waals surface area contributed by atoms with Gasteiger partial charge in [0.1, 0.15) is 0 Å². The largest absolute Gasteiger partial charge is 0.348 e. The number of carbonyl (C=O) groups is 1. The molecule has 3 heteroatoms. The summed E-state index contributed by atoms with van der Waals surface area (Å²) in [5.41, 5.74) is 0. The highest BCUT2D eigenvalue weighted by Gasteiger charge is 2.23. The van der Waals surface area contributed by atoms with Crippen LogP contribution in [0.4, 0.5) is 0 Å². The minimum Gasteiger partial charge on any atom is -0.348 e. The summed E-state index contributed by atoms with van der Waals surface area (Å²) in [7, 11) is 3.58. The lowest BCUT2D eigenvalue weighted by Crippen LogP contribution is -2.42. The summed E-state index contributed by atoms with van der Waals surface area (Å²) in [4.78, 5) is 12.9. The molecule has 0 aromatic carbocycles. The number of nitrogens with zero attached hydrogens (tertiary/aromatic N) is 1. The van der Waals surface area contributed by atoms with E-state index in [1.807, 2.05) is 0 Å². The van der Waals surface area contributed by atoms with Gasteiger partial charge in [0.2, 0.25) is 5.91 Å². The zero-order chi connectivity index (χ0) is 9.84. The van der Waals surface area contributed by atoms with Crippen molar-refractivity contribution >= 4 is 5.91 Å². The summed E-state index contributed by atoms with van der Waals surface area (Å²) >= 11 is 0. The third-order valence-electron chi connectivity index (χ3n) is 2.93. The Hall–Kier alpha value is -0.570. The zero-order valence-electron chi connectivity index (χ0n) is 8.84. The fourth-order valence-electron chi connectivity index (χ4n) is 1.51. The second-order valence-electron chi connectivity index (χ2n) is 4.15. The Balaban J connectivity index is 2.13. The molecule has 0 aliphatic heterocycles. The molecule has 0 spiro atoms. The van der Waals surface area contributed by atoms with E-state index in [1.165, 1.54) is 19.3 Å². The second-order valence-corrected chi connectivity index (χ2v) is 4.15. The van der Waals surface area contributed by atoms with Crippen molar-refractivity contribution in [2.75, 3.05) is 20.6 Å². The molecular formula is C10H20N2O. The molecule has 1 atom stereocenters. The number of rotatable bonds is 4. The Labute approximate surface area is 80.5 Å². The van der Waals surface area contributed by atoms with Crippen molar-refractivity contribution in [3.63, 3.8) is 0 Å². The molecule has 1 saturated carbocycles. The Morgan fingerprint density at radius 3 is 2.54 bits per heavy atom. The van der Waals surface area contributed by atoms with Gasteiger partial charge in [0.15, 0.2) is 0 Å². The van der Waals surface area contributed by atoms with Crippen molar-refractivity contribution in [3.05, 3.63) is 0 Å². The lowest BCUT2D eigenvalue weighted by molar-refractivity contribution is -0.127. The third-order valence-corrected chi connectivity index (χ3v) is 2.93. The van der Waals surface area contributed by atoms with E-state index in [-0.39, 0.29) is 5.91 Å². The molecule has 0 radical (unpaired) electrons. The molecule has 0 aromatic heterocycles. The van der Waals surface area contributed by atoms with Crippen molar-refractivity contribution in [3.8, 4) is 0 Å². The van der Waals surface area contributed by atoms with E-state index in [0.717, 1.165) is 5.92 Å². The molecule has 0 aromatic rings. The average Bonchev–Trinajstić information content (AvgIpc) is 1.96. The lowest BCUT2D eigenvalue weighted by Gasteiger charge is -2.32. The molecule has 1 N–H and O–H groups in total. The Morgan fingerprint density at radius 1 is 1.54 bits per heavy atom. The highest BCUT2D eigenvalue weighted by atomic mass is 16.2. The van der Waals surface area contributed by atoms with Crippen LogP contribution in [0.5, 0.6) is 0 Å². The normalized spacial score (nSPS) is 19.3. The molecule has 0 saturated heterocycles. The van der Waals surface area contributed by atoms with Crippen molar-refractivity contribution in [1.29, 1.82) is 0 Å². The van der Waals surface area contributed by atoms with Gasteiger partial charge in [0, 0.05) is 20.1 Å². The molecule has 1 rings (SSSR count). The quantitative estimate of drug-likeness (QED) is 0.702. The minimum absolute atomic E-state index is 0.158. The van der Waals surface area contributed by atoms with E-state index in [4.69, 9.17) is 0 Å². The topological polar surface area (TPSA) is 32.3 Å². The second kappa shape index (κ2) is 4.61. The van der Waals surface area contributed by atoms with E-state index >= 15 is 0 Å². The van der Waals surface area contributed by atoms with E-state index in [2.05, 4.69) is 12.2 Å². The standard InChI is InChI=1S/C10H20N2O/c1-8(9-5-4-6-9)11-7-10(13)12(2)3/h8-9,11H,4-7H2,1-3H3. The Morgan fingerprint density at radius 2 is 2.15 bits per heavy atom. The van der Waals surface area contributed by atoms with E-state index in [0.29, 0.717) is 12.6 Å². The van der Waals surface area contributed by atoms with Gasteiger partial charge in [-0.05, 0) is 25.7 Å². The predicted molar refractivity (Wildman–Crippen MR) is 53.5 cm³/mol. The zero-order valence-corrected chi connectivity index (χ0v) is 8.84. The molecule has 3 nitrogen and oxygen atoms in total. The van der Waals surface area contributed by atoms with Crippen molar-refractivity contribution in [1.82, 2.24) is 10.2 Å². The summed E-state index contributed by atoms with van der Waals surface area (Å²) in [6.45, 7) is 2.65. The van der Waals surface area contributed by atoms with Gasteiger partial charge < -0.3 is 10.2 Å². The average molecular weight is 184 g/mol. The molecular weight excluding hydrogens is 164 g/mol. The first-order valence-electron chi connectivity index (χ1n) is 5.05. The summed E-state index contributed by atoms with van der Waals surface area (Å²) in [6.07, 6.45) is 4.01. The van der Waals surface area contributed by atoms with E-state index in [1.54, 1.807) is 19.0 Å². The van der Waals surface area contributed by atoms with Gasteiger partial charge in [0.05, 0.1) is 6.54 Å². The molecule has 76 valence electrons. The molecule has 0 bridgehead atoms. The summed E-state index contributed by atoms with van der Waals surface area (Å²) in [6, 6.07) is 0.498. The monoisotopic (exact) mass is 184 g/mol. The van der Waals surface area contributed by atoms with Crippen LogP contribution in [-0.2, 0) is 4.79 Å².